The van der Waals surface area contributed by atoms with Gasteiger partial charge in [-0.2, -0.15) is 5.26 Å². The molecule has 0 radical (unpaired) electrons. The largest absolute Gasteiger partial charge is 0.387 e. The highest BCUT2D eigenvalue weighted by Crippen LogP contribution is 2.17. The van der Waals surface area contributed by atoms with Crippen molar-refractivity contribution in [1.82, 2.24) is 5.32 Å². The van der Waals surface area contributed by atoms with Gasteiger partial charge in [-0.3, -0.25) is 4.79 Å². The Morgan fingerprint density at radius 2 is 2.00 bits per heavy atom. The molecule has 1 aromatic rings. The number of hydrogen-bond donors (Lipinski definition) is 2. The van der Waals surface area contributed by atoms with E-state index in [0.29, 0.717) is 11.7 Å². The first-order valence-corrected chi connectivity index (χ1v) is 7.93. The van der Waals surface area contributed by atoms with E-state index in [9.17, 15) is 10.1 Å². The molecule has 0 aliphatic heterocycles. The molecule has 0 heterocycles. The van der Waals surface area contributed by atoms with E-state index in [1.54, 1.807) is 6.20 Å². The van der Waals surface area contributed by atoms with Crippen LogP contribution in [0.4, 0.5) is 5.69 Å². The van der Waals surface area contributed by atoms with Gasteiger partial charge in [-0.05, 0) is 37.5 Å². The van der Waals surface area contributed by atoms with Crippen LogP contribution in [0.25, 0.3) is 0 Å². The number of nitrogens with one attached hydrogen (secondary N) is 2. The third kappa shape index (κ3) is 4.92. The zero-order valence-electron chi connectivity index (χ0n) is 13.1. The summed E-state index contributed by atoms with van der Waals surface area (Å²) >= 11 is 0. The average Bonchev–Trinajstić information content (AvgIpc) is 2.76. The SMILES string of the molecule is Cc1cccc(NC(=O)/C(C#N)=C\NC2CCCCCC2)c1. The van der Waals surface area contributed by atoms with Gasteiger partial charge < -0.3 is 10.6 Å². The van der Waals surface area contributed by atoms with Crippen LogP contribution >= 0.6 is 0 Å². The molecule has 4 heteroatoms. The Morgan fingerprint density at radius 3 is 2.64 bits per heavy atom. The summed E-state index contributed by atoms with van der Waals surface area (Å²) in [4.78, 5) is 12.2. The normalized spacial score (nSPS) is 16.5. The highest BCUT2D eigenvalue weighted by atomic mass is 16.1. The lowest BCUT2D eigenvalue weighted by molar-refractivity contribution is -0.112. The van der Waals surface area contributed by atoms with Crippen molar-refractivity contribution in [2.75, 3.05) is 5.32 Å². The summed E-state index contributed by atoms with van der Waals surface area (Å²) < 4.78 is 0. The van der Waals surface area contributed by atoms with E-state index in [1.807, 2.05) is 37.3 Å². The van der Waals surface area contributed by atoms with E-state index >= 15 is 0 Å². The summed E-state index contributed by atoms with van der Waals surface area (Å²) in [6.07, 6.45) is 8.76. The lowest BCUT2D eigenvalue weighted by Gasteiger charge is -2.14. The topological polar surface area (TPSA) is 64.9 Å². The summed E-state index contributed by atoms with van der Waals surface area (Å²) in [5, 5.41) is 15.2. The molecule has 1 fully saturated rings. The maximum Gasteiger partial charge on any atom is 0.267 e. The van der Waals surface area contributed by atoms with Gasteiger partial charge in [0.05, 0.1) is 0 Å². The molecule has 1 aliphatic carbocycles. The summed E-state index contributed by atoms with van der Waals surface area (Å²) in [6.45, 7) is 1.96. The molecule has 0 spiro atoms. The predicted molar refractivity (Wildman–Crippen MR) is 88.1 cm³/mol. The van der Waals surface area contributed by atoms with Crippen molar-refractivity contribution >= 4 is 11.6 Å². The molecule has 1 saturated carbocycles. The minimum atomic E-state index is -0.366. The van der Waals surface area contributed by atoms with Crippen LogP contribution in [-0.2, 0) is 4.79 Å². The molecule has 116 valence electrons. The van der Waals surface area contributed by atoms with Crippen LogP contribution in [-0.4, -0.2) is 11.9 Å². The molecular weight excluding hydrogens is 274 g/mol. The summed E-state index contributed by atoms with van der Waals surface area (Å²) in [6, 6.07) is 9.89. The third-order valence-electron chi connectivity index (χ3n) is 3.96. The Kier molecular flexibility index (Phi) is 6.02. The number of aryl methyl sites for hydroxylation is 1. The fraction of sp³-hybridized carbons (Fsp3) is 0.444. The van der Waals surface area contributed by atoms with E-state index in [4.69, 9.17) is 0 Å². The number of anilines is 1. The quantitative estimate of drug-likeness (QED) is 0.506. The number of amides is 1. The van der Waals surface area contributed by atoms with Gasteiger partial charge in [0.1, 0.15) is 11.6 Å². The van der Waals surface area contributed by atoms with Crippen molar-refractivity contribution in [2.45, 2.75) is 51.5 Å². The fourth-order valence-corrected chi connectivity index (χ4v) is 2.72. The molecule has 2 rings (SSSR count). The first-order chi connectivity index (χ1) is 10.7. The Bertz CT molecular complexity index is 578. The molecule has 22 heavy (non-hydrogen) atoms. The fourth-order valence-electron chi connectivity index (χ4n) is 2.72. The van der Waals surface area contributed by atoms with Crippen molar-refractivity contribution in [1.29, 1.82) is 5.26 Å². The van der Waals surface area contributed by atoms with E-state index in [-0.39, 0.29) is 11.5 Å². The summed E-state index contributed by atoms with van der Waals surface area (Å²) in [7, 11) is 0. The first kappa shape index (κ1) is 16.1. The molecule has 1 amide bonds. The van der Waals surface area contributed by atoms with E-state index in [0.717, 1.165) is 18.4 Å². The van der Waals surface area contributed by atoms with E-state index in [1.165, 1.54) is 25.7 Å². The van der Waals surface area contributed by atoms with Gasteiger partial charge in [0.2, 0.25) is 0 Å². The zero-order valence-corrected chi connectivity index (χ0v) is 13.1. The van der Waals surface area contributed by atoms with Crippen molar-refractivity contribution in [2.24, 2.45) is 0 Å². The Morgan fingerprint density at radius 1 is 1.27 bits per heavy atom. The number of rotatable bonds is 4. The maximum atomic E-state index is 12.2. The second-order valence-electron chi connectivity index (χ2n) is 5.85. The Labute approximate surface area is 132 Å². The van der Waals surface area contributed by atoms with Gasteiger partial charge in [-0.25, -0.2) is 0 Å². The van der Waals surface area contributed by atoms with Gasteiger partial charge in [-0.1, -0.05) is 37.8 Å². The number of hydrogen-bond acceptors (Lipinski definition) is 3. The molecule has 0 aromatic heterocycles. The zero-order chi connectivity index (χ0) is 15.8. The number of nitrogens with zero attached hydrogens (tertiary/aromatic N) is 1. The van der Waals surface area contributed by atoms with Crippen LogP contribution in [0, 0.1) is 18.3 Å². The first-order valence-electron chi connectivity index (χ1n) is 7.93. The predicted octanol–water partition coefficient (Wildman–Crippen LogP) is 3.65. The van der Waals surface area contributed by atoms with Crippen LogP contribution in [0.2, 0.25) is 0 Å². The number of benzene rings is 1. The van der Waals surface area contributed by atoms with Crippen molar-refractivity contribution in [3.8, 4) is 6.07 Å². The maximum absolute atomic E-state index is 12.2. The van der Waals surface area contributed by atoms with Gasteiger partial charge in [0.25, 0.3) is 5.91 Å². The molecule has 0 saturated heterocycles. The second-order valence-corrected chi connectivity index (χ2v) is 5.85. The van der Waals surface area contributed by atoms with E-state index < -0.39 is 0 Å². The van der Waals surface area contributed by atoms with Crippen molar-refractivity contribution in [3.63, 3.8) is 0 Å². The lowest BCUT2D eigenvalue weighted by Crippen LogP contribution is -2.25. The van der Waals surface area contributed by atoms with Gasteiger partial charge in [0, 0.05) is 17.9 Å². The third-order valence-corrected chi connectivity index (χ3v) is 3.96. The van der Waals surface area contributed by atoms with Gasteiger partial charge in [-0.15, -0.1) is 0 Å². The van der Waals surface area contributed by atoms with Crippen LogP contribution in [0.5, 0.6) is 0 Å². The van der Waals surface area contributed by atoms with Crippen LogP contribution in [0.1, 0.15) is 44.1 Å². The summed E-state index contributed by atoms with van der Waals surface area (Å²) in [5.74, 6) is -0.366. The van der Waals surface area contributed by atoms with E-state index in [2.05, 4.69) is 10.6 Å². The van der Waals surface area contributed by atoms with Gasteiger partial charge >= 0.3 is 0 Å². The number of carbonyl (C=O) groups excluding carboxylic acids is 1. The molecular formula is C18H23N3O. The van der Waals surface area contributed by atoms with Crippen molar-refractivity contribution < 1.29 is 4.79 Å². The highest BCUT2D eigenvalue weighted by molar-refractivity contribution is 6.06. The van der Waals surface area contributed by atoms with Crippen LogP contribution in [0.3, 0.4) is 0 Å². The monoisotopic (exact) mass is 297 g/mol. The minimum Gasteiger partial charge on any atom is -0.387 e. The van der Waals surface area contributed by atoms with Crippen LogP contribution < -0.4 is 10.6 Å². The lowest BCUT2D eigenvalue weighted by atomic mass is 10.1. The molecule has 0 unspecified atom stereocenters. The molecule has 1 aromatic carbocycles. The number of nitriles is 1. The Hall–Kier alpha value is -2.28. The van der Waals surface area contributed by atoms with Crippen LogP contribution in [0.15, 0.2) is 36.0 Å². The molecule has 0 bridgehead atoms. The Balaban J connectivity index is 1.96. The van der Waals surface area contributed by atoms with Gasteiger partial charge in [0.15, 0.2) is 0 Å². The van der Waals surface area contributed by atoms with Crippen molar-refractivity contribution in [3.05, 3.63) is 41.6 Å². The molecule has 1 aliphatic rings. The smallest absolute Gasteiger partial charge is 0.267 e. The standard InChI is InChI=1S/C18H23N3O/c1-14-7-6-10-17(11-14)21-18(22)15(12-19)13-20-16-8-4-2-3-5-9-16/h6-7,10-11,13,16,20H,2-5,8-9H2,1H3,(H,21,22)/b15-13-. The highest BCUT2D eigenvalue weighted by Gasteiger charge is 2.13. The molecule has 2 N–H and O–H groups in total. The summed E-state index contributed by atoms with van der Waals surface area (Å²) in [5.41, 5.74) is 1.89. The average molecular weight is 297 g/mol. The minimum absolute atomic E-state index is 0.116. The molecule has 0 atom stereocenters. The second kappa shape index (κ2) is 8.23. The molecule has 4 nitrogen and oxygen atoms in total. The number of carbonyl (C=O) groups is 1.